The number of rotatable bonds is 7. The molecular weight excluding hydrogens is 314 g/mol. The lowest BCUT2D eigenvalue weighted by molar-refractivity contribution is 0.541. The average Bonchev–Trinajstić information content (AvgIpc) is 2.37. The molecule has 1 aromatic rings. The lowest BCUT2D eigenvalue weighted by Gasteiger charge is -2.26. The van der Waals surface area contributed by atoms with Gasteiger partial charge < -0.3 is 4.90 Å². The van der Waals surface area contributed by atoms with Crippen molar-refractivity contribution in [1.82, 2.24) is 9.97 Å². The van der Waals surface area contributed by atoms with Crippen LogP contribution in [0.3, 0.4) is 0 Å². The van der Waals surface area contributed by atoms with E-state index >= 15 is 0 Å². The van der Waals surface area contributed by atoms with E-state index in [9.17, 15) is 0 Å². The molecule has 0 spiro atoms. The fourth-order valence-electron chi connectivity index (χ4n) is 1.94. The van der Waals surface area contributed by atoms with Gasteiger partial charge in [0.1, 0.15) is 16.2 Å². The maximum absolute atomic E-state index is 4.80. The molecule has 0 saturated carbocycles. The lowest BCUT2D eigenvalue weighted by Crippen LogP contribution is -2.28. The Balaban J connectivity index is 3.02. The van der Waals surface area contributed by atoms with Gasteiger partial charge in [-0.15, -0.1) is 0 Å². The van der Waals surface area contributed by atoms with Crippen LogP contribution in [0, 0.1) is 0 Å². The van der Waals surface area contributed by atoms with Crippen LogP contribution in [0.5, 0.6) is 0 Å². The highest BCUT2D eigenvalue weighted by atomic mass is 79.9. The molecule has 0 unspecified atom stereocenters. The number of aromatic nitrogens is 2. The van der Waals surface area contributed by atoms with Gasteiger partial charge in [0.15, 0.2) is 0 Å². The molecule has 20 heavy (non-hydrogen) atoms. The maximum atomic E-state index is 4.80. The smallest absolute Gasteiger partial charge is 0.137 e. The highest BCUT2D eigenvalue weighted by Gasteiger charge is 2.20. The molecule has 0 N–H and O–H groups in total. The molecule has 0 amide bonds. The van der Waals surface area contributed by atoms with Crippen LogP contribution in [0.15, 0.2) is 10.7 Å². The molecule has 1 heterocycles. The molecular formula is C16H28BrN3. The Morgan fingerprint density at radius 1 is 1.05 bits per heavy atom. The van der Waals surface area contributed by atoms with Gasteiger partial charge in [-0.25, -0.2) is 9.97 Å². The predicted molar refractivity (Wildman–Crippen MR) is 90.5 cm³/mol. The van der Waals surface area contributed by atoms with Gasteiger partial charge >= 0.3 is 0 Å². The first-order valence-electron chi connectivity index (χ1n) is 7.68. The minimum absolute atomic E-state index is 0.0281. The number of hydrogen-bond acceptors (Lipinski definition) is 3. The van der Waals surface area contributed by atoms with Crippen LogP contribution < -0.4 is 4.90 Å². The molecule has 1 aromatic heterocycles. The van der Waals surface area contributed by atoms with Gasteiger partial charge in [0.05, 0.1) is 0 Å². The zero-order chi connectivity index (χ0) is 15.2. The largest absolute Gasteiger partial charge is 0.356 e. The summed E-state index contributed by atoms with van der Waals surface area (Å²) in [4.78, 5) is 11.7. The van der Waals surface area contributed by atoms with Gasteiger partial charge in [0, 0.05) is 24.6 Å². The first kappa shape index (κ1) is 17.4. The normalized spacial score (nSPS) is 11.7. The Bertz CT molecular complexity index is 405. The quantitative estimate of drug-likeness (QED) is 0.657. The number of hydrogen-bond donors (Lipinski definition) is 0. The summed E-state index contributed by atoms with van der Waals surface area (Å²) in [5.41, 5.74) is -0.0281. The third-order valence-electron chi connectivity index (χ3n) is 3.24. The molecule has 3 nitrogen and oxygen atoms in total. The summed E-state index contributed by atoms with van der Waals surface area (Å²) >= 11 is 3.53. The van der Waals surface area contributed by atoms with Crippen molar-refractivity contribution in [2.75, 3.05) is 18.0 Å². The Hall–Kier alpha value is -0.640. The minimum Gasteiger partial charge on any atom is -0.356 e. The van der Waals surface area contributed by atoms with E-state index in [1.165, 1.54) is 25.7 Å². The molecule has 0 aliphatic heterocycles. The summed E-state index contributed by atoms with van der Waals surface area (Å²) in [6.07, 6.45) is 4.83. The van der Waals surface area contributed by atoms with Crippen molar-refractivity contribution in [3.63, 3.8) is 0 Å². The van der Waals surface area contributed by atoms with Crippen LogP contribution in [-0.2, 0) is 5.41 Å². The summed E-state index contributed by atoms with van der Waals surface area (Å²) in [6.45, 7) is 13.1. The van der Waals surface area contributed by atoms with E-state index < -0.39 is 0 Å². The van der Waals surface area contributed by atoms with Crippen LogP contribution in [-0.4, -0.2) is 23.1 Å². The Morgan fingerprint density at radius 2 is 1.60 bits per heavy atom. The van der Waals surface area contributed by atoms with Gasteiger partial charge in [-0.05, 0) is 28.8 Å². The van der Waals surface area contributed by atoms with Gasteiger partial charge in [-0.1, -0.05) is 47.5 Å². The van der Waals surface area contributed by atoms with Gasteiger partial charge in [-0.2, -0.15) is 0 Å². The molecule has 0 saturated heterocycles. The van der Waals surface area contributed by atoms with Crippen LogP contribution >= 0.6 is 15.9 Å². The zero-order valence-corrected chi connectivity index (χ0v) is 15.1. The third kappa shape index (κ3) is 5.39. The Morgan fingerprint density at radius 3 is 2.05 bits per heavy atom. The number of anilines is 1. The van der Waals surface area contributed by atoms with Gasteiger partial charge in [-0.3, -0.25) is 0 Å². The molecule has 0 bridgehead atoms. The molecule has 0 aromatic carbocycles. The first-order chi connectivity index (χ1) is 9.38. The Labute approximate surface area is 132 Å². The fourth-order valence-corrected chi connectivity index (χ4v) is 2.31. The van der Waals surface area contributed by atoms with Crippen LogP contribution in [0.1, 0.15) is 66.1 Å². The number of nitrogens with zero attached hydrogens (tertiary/aromatic N) is 3. The van der Waals surface area contributed by atoms with E-state index in [2.05, 4.69) is 60.4 Å². The molecule has 0 aliphatic carbocycles. The summed E-state index contributed by atoms with van der Waals surface area (Å²) in [5.74, 6) is 1.96. The first-order valence-corrected chi connectivity index (χ1v) is 8.47. The van der Waals surface area contributed by atoms with E-state index in [1.54, 1.807) is 0 Å². The Kier molecular flexibility index (Phi) is 6.93. The molecule has 0 aliphatic rings. The van der Waals surface area contributed by atoms with E-state index in [4.69, 9.17) is 4.98 Å². The monoisotopic (exact) mass is 341 g/mol. The van der Waals surface area contributed by atoms with Crippen molar-refractivity contribution in [2.45, 2.75) is 65.7 Å². The van der Waals surface area contributed by atoms with Crippen LogP contribution in [0.4, 0.5) is 5.82 Å². The highest BCUT2D eigenvalue weighted by Crippen LogP contribution is 2.24. The van der Waals surface area contributed by atoms with Crippen molar-refractivity contribution in [3.05, 3.63) is 16.5 Å². The summed E-state index contributed by atoms with van der Waals surface area (Å²) in [5, 5.41) is 0. The fraction of sp³-hybridized carbons (Fsp3) is 0.750. The molecule has 4 heteroatoms. The highest BCUT2D eigenvalue weighted by molar-refractivity contribution is 9.10. The van der Waals surface area contributed by atoms with E-state index in [-0.39, 0.29) is 5.41 Å². The zero-order valence-electron chi connectivity index (χ0n) is 13.5. The van der Waals surface area contributed by atoms with Crippen molar-refractivity contribution >= 4 is 21.7 Å². The maximum Gasteiger partial charge on any atom is 0.137 e. The number of unbranched alkanes of at least 4 members (excludes halogenated alkanes) is 2. The predicted octanol–water partition coefficient (Wildman–Crippen LogP) is 4.94. The topological polar surface area (TPSA) is 29.0 Å². The molecule has 0 radical (unpaired) electrons. The SMILES string of the molecule is CCCCN(CCCC)c1cc(Br)nc(C(C)(C)C)n1. The minimum atomic E-state index is -0.0281. The second-order valence-corrected chi connectivity index (χ2v) is 7.13. The summed E-state index contributed by atoms with van der Waals surface area (Å²) in [6, 6.07) is 2.04. The van der Waals surface area contributed by atoms with Crippen molar-refractivity contribution < 1.29 is 0 Å². The standard InChI is InChI=1S/C16H28BrN3/c1-6-8-10-20(11-9-7-2)14-12-13(17)18-15(19-14)16(3,4)5/h12H,6-11H2,1-5H3. The summed E-state index contributed by atoms with van der Waals surface area (Å²) in [7, 11) is 0. The average molecular weight is 342 g/mol. The van der Waals surface area contributed by atoms with Crippen LogP contribution in [0.2, 0.25) is 0 Å². The molecule has 1 rings (SSSR count). The second kappa shape index (κ2) is 7.96. The van der Waals surface area contributed by atoms with Crippen LogP contribution in [0.25, 0.3) is 0 Å². The van der Waals surface area contributed by atoms with E-state index in [0.29, 0.717) is 0 Å². The van der Waals surface area contributed by atoms with Crippen molar-refractivity contribution in [3.8, 4) is 0 Å². The van der Waals surface area contributed by atoms with E-state index in [0.717, 1.165) is 29.3 Å². The van der Waals surface area contributed by atoms with Crippen molar-refractivity contribution in [2.24, 2.45) is 0 Å². The third-order valence-corrected chi connectivity index (χ3v) is 3.65. The lowest BCUT2D eigenvalue weighted by atomic mass is 9.96. The molecule has 114 valence electrons. The summed E-state index contributed by atoms with van der Waals surface area (Å²) < 4.78 is 0.880. The van der Waals surface area contributed by atoms with Crippen molar-refractivity contribution in [1.29, 1.82) is 0 Å². The molecule has 0 fully saturated rings. The second-order valence-electron chi connectivity index (χ2n) is 6.32. The van der Waals surface area contributed by atoms with E-state index in [1.807, 2.05) is 6.07 Å². The van der Waals surface area contributed by atoms with Gasteiger partial charge in [0.25, 0.3) is 0 Å². The molecule has 0 atom stereocenters. The van der Waals surface area contributed by atoms with Gasteiger partial charge in [0.2, 0.25) is 0 Å². The number of halogens is 1.